The van der Waals surface area contributed by atoms with Crippen molar-refractivity contribution < 1.29 is 85.9 Å². The number of carbonyl (C=O) groups is 3. The van der Waals surface area contributed by atoms with Crippen LogP contribution in [0.2, 0.25) is 0 Å². The summed E-state index contributed by atoms with van der Waals surface area (Å²) in [6, 6.07) is 0. The minimum Gasteiger partial charge on any atom is -0.481 e. The van der Waals surface area contributed by atoms with Gasteiger partial charge in [0.05, 0.1) is 39.3 Å². The maximum absolute atomic E-state index is 10.3. The van der Waals surface area contributed by atoms with Gasteiger partial charge in [0.25, 0.3) is 0 Å². The summed E-state index contributed by atoms with van der Waals surface area (Å²) >= 11 is 0. The smallest absolute Gasteiger partial charge is 0.336 e. The SMILES string of the molecule is CO.O=C(O)CC(O)(CC(=O)O)C(=O)O.OCC(O)C(O)C(O)C(O)CO.OCC(O)CO. The van der Waals surface area contributed by atoms with Crippen molar-refractivity contribution in [3.05, 3.63) is 0 Å². The third kappa shape index (κ3) is 20.3. The second-order valence-electron chi connectivity index (χ2n) is 5.98. The number of hydrogen-bond acceptors (Lipinski definition) is 14. The first-order valence-electron chi connectivity index (χ1n) is 8.81. The van der Waals surface area contributed by atoms with E-state index in [0.717, 1.165) is 7.11 Å². The Kier molecular flexibility index (Phi) is 25.3. The molecule has 0 heterocycles. The molecule has 0 spiro atoms. The van der Waals surface area contributed by atoms with E-state index < -0.39 is 80.1 Å². The van der Waals surface area contributed by atoms with Crippen LogP contribution in [0.1, 0.15) is 12.8 Å². The molecule has 0 aromatic heterocycles. The fourth-order valence-corrected chi connectivity index (χ4v) is 1.44. The Morgan fingerprint density at radius 3 is 1.03 bits per heavy atom. The van der Waals surface area contributed by atoms with E-state index in [9.17, 15) is 14.4 Å². The van der Waals surface area contributed by atoms with Gasteiger partial charge in [0.15, 0.2) is 5.60 Å². The zero-order valence-electron chi connectivity index (χ0n) is 17.6. The van der Waals surface area contributed by atoms with Gasteiger partial charge >= 0.3 is 17.9 Å². The fourth-order valence-electron chi connectivity index (χ4n) is 1.44. The number of aliphatic carboxylic acids is 3. The van der Waals surface area contributed by atoms with Gasteiger partial charge in [0.1, 0.15) is 30.5 Å². The maximum atomic E-state index is 10.3. The van der Waals surface area contributed by atoms with Gasteiger partial charge in [-0.25, -0.2) is 4.79 Å². The Labute approximate surface area is 187 Å². The molecule has 17 heteroatoms. The standard InChI is InChI=1S/C6H8O7.C6H14O6.C3H8O3.CH4O/c7-3(8)1-6(13,5(11)12)2-4(9)10;7-1-3(9)5(11)6(12)4(10)2-8;4-1-3(6)2-5;1-2/h13H,1-2H2,(H,7,8)(H,9,10)(H,11,12);3-12H,1-2H2;3-6H,1-2H2;2H,1H3. The highest BCUT2D eigenvalue weighted by Crippen LogP contribution is 2.15. The Morgan fingerprint density at radius 2 is 0.909 bits per heavy atom. The number of carboxylic acids is 3. The second kappa shape index (κ2) is 21.8. The summed E-state index contributed by atoms with van der Waals surface area (Å²) in [5.74, 6) is -5.02. The molecule has 4 unspecified atom stereocenters. The molecule has 0 radical (unpaired) electrons. The van der Waals surface area contributed by atoms with Crippen molar-refractivity contribution in [3.63, 3.8) is 0 Å². The van der Waals surface area contributed by atoms with E-state index in [1.165, 1.54) is 0 Å². The summed E-state index contributed by atoms with van der Waals surface area (Å²) in [5.41, 5.74) is -2.74. The first kappa shape index (κ1) is 38.2. The zero-order chi connectivity index (χ0) is 27.4. The molecule has 17 nitrogen and oxygen atoms in total. The van der Waals surface area contributed by atoms with E-state index in [1.54, 1.807) is 0 Å². The van der Waals surface area contributed by atoms with Crippen molar-refractivity contribution in [2.24, 2.45) is 0 Å². The molecular weight excluding hydrogens is 464 g/mol. The van der Waals surface area contributed by atoms with Crippen LogP contribution in [-0.4, -0.2) is 159 Å². The van der Waals surface area contributed by atoms with Crippen LogP contribution in [0.4, 0.5) is 0 Å². The molecule has 0 saturated heterocycles. The summed E-state index contributed by atoms with van der Waals surface area (Å²) in [7, 11) is 1.00. The van der Waals surface area contributed by atoms with Crippen LogP contribution >= 0.6 is 0 Å². The third-order valence-corrected chi connectivity index (χ3v) is 3.22. The van der Waals surface area contributed by atoms with Crippen molar-refractivity contribution >= 4 is 17.9 Å². The molecule has 0 saturated carbocycles. The van der Waals surface area contributed by atoms with Crippen molar-refractivity contribution in [1.82, 2.24) is 0 Å². The normalized spacial score (nSPS) is 14.1. The molecule has 0 aliphatic carbocycles. The summed E-state index contributed by atoms with van der Waals surface area (Å²) in [5, 5.41) is 117. The topological polar surface area (TPSA) is 334 Å². The van der Waals surface area contributed by atoms with Gasteiger partial charge in [-0.2, -0.15) is 0 Å². The van der Waals surface area contributed by atoms with E-state index in [-0.39, 0.29) is 13.2 Å². The Bertz CT molecular complexity index is 479. The van der Waals surface area contributed by atoms with Gasteiger partial charge in [-0.1, -0.05) is 0 Å². The molecule has 0 bridgehead atoms. The third-order valence-electron chi connectivity index (χ3n) is 3.22. The summed E-state index contributed by atoms with van der Waals surface area (Å²) in [6.07, 6.45) is -9.63. The highest BCUT2D eigenvalue weighted by atomic mass is 16.4. The molecule has 0 amide bonds. The minimum atomic E-state index is -2.74. The van der Waals surface area contributed by atoms with Crippen LogP contribution in [0.5, 0.6) is 0 Å². The van der Waals surface area contributed by atoms with Crippen molar-refractivity contribution in [2.45, 2.75) is 49.0 Å². The van der Waals surface area contributed by atoms with Crippen LogP contribution in [-0.2, 0) is 14.4 Å². The molecule has 0 aromatic carbocycles. The fraction of sp³-hybridized carbons (Fsp3) is 0.812. The maximum Gasteiger partial charge on any atom is 0.336 e. The van der Waals surface area contributed by atoms with E-state index in [1.807, 2.05) is 0 Å². The van der Waals surface area contributed by atoms with Crippen molar-refractivity contribution in [2.75, 3.05) is 33.5 Å². The number of aliphatic hydroxyl groups is 11. The van der Waals surface area contributed by atoms with Crippen LogP contribution in [0.15, 0.2) is 0 Å². The second-order valence-corrected chi connectivity index (χ2v) is 5.98. The van der Waals surface area contributed by atoms with Crippen LogP contribution in [0.25, 0.3) is 0 Å². The predicted octanol–water partition coefficient (Wildman–Crippen LogP) is -6.89. The molecule has 4 atom stereocenters. The van der Waals surface area contributed by atoms with Gasteiger partial charge < -0.3 is 71.5 Å². The van der Waals surface area contributed by atoms with Gasteiger partial charge in [-0.15, -0.1) is 0 Å². The van der Waals surface area contributed by atoms with Crippen molar-refractivity contribution in [1.29, 1.82) is 0 Å². The molecule has 0 aromatic rings. The average molecular weight is 498 g/mol. The first-order valence-corrected chi connectivity index (χ1v) is 8.81. The number of hydrogen-bond donors (Lipinski definition) is 14. The molecule has 0 aliphatic heterocycles. The number of carboxylic acid groups (broad SMARTS) is 3. The summed E-state index contributed by atoms with van der Waals surface area (Å²) in [4.78, 5) is 30.5. The number of rotatable bonds is 12. The molecule has 200 valence electrons. The minimum absolute atomic E-state index is 0.365. The van der Waals surface area contributed by atoms with Gasteiger partial charge in [0.2, 0.25) is 0 Å². The average Bonchev–Trinajstić information content (AvgIpc) is 2.77. The van der Waals surface area contributed by atoms with Crippen LogP contribution in [0, 0.1) is 0 Å². The molecule has 0 rings (SSSR count). The van der Waals surface area contributed by atoms with Gasteiger partial charge in [0, 0.05) is 7.11 Å². The Balaban J connectivity index is -0.000000194. The molecule has 0 fully saturated rings. The van der Waals surface area contributed by atoms with Crippen molar-refractivity contribution in [3.8, 4) is 0 Å². The Hall–Kier alpha value is -2.03. The predicted molar refractivity (Wildman–Crippen MR) is 104 cm³/mol. The lowest BCUT2D eigenvalue weighted by atomic mass is 9.96. The zero-order valence-corrected chi connectivity index (χ0v) is 17.6. The lowest BCUT2D eigenvalue weighted by molar-refractivity contribution is -0.170. The van der Waals surface area contributed by atoms with Crippen LogP contribution in [0.3, 0.4) is 0 Å². The monoisotopic (exact) mass is 498 g/mol. The molecular formula is C16H34O17. The lowest BCUT2D eigenvalue weighted by Crippen LogP contribution is -2.46. The van der Waals surface area contributed by atoms with Crippen LogP contribution < -0.4 is 0 Å². The Morgan fingerprint density at radius 1 is 0.636 bits per heavy atom. The molecule has 33 heavy (non-hydrogen) atoms. The highest BCUT2D eigenvalue weighted by Gasteiger charge is 2.40. The largest absolute Gasteiger partial charge is 0.481 e. The van der Waals surface area contributed by atoms with E-state index in [4.69, 9.17) is 71.5 Å². The molecule has 14 N–H and O–H groups in total. The van der Waals surface area contributed by atoms with Gasteiger partial charge in [-0.05, 0) is 0 Å². The van der Waals surface area contributed by atoms with Gasteiger partial charge in [-0.3, -0.25) is 9.59 Å². The van der Waals surface area contributed by atoms with E-state index in [0.29, 0.717) is 0 Å². The quantitative estimate of drug-likeness (QED) is 0.119. The number of aliphatic hydroxyl groups excluding tert-OH is 10. The lowest BCUT2D eigenvalue weighted by Gasteiger charge is -2.24. The molecule has 0 aliphatic rings. The van der Waals surface area contributed by atoms with E-state index in [2.05, 4.69) is 0 Å². The summed E-state index contributed by atoms with van der Waals surface area (Å²) < 4.78 is 0. The summed E-state index contributed by atoms with van der Waals surface area (Å²) in [6.45, 7) is -2.18. The first-order chi connectivity index (χ1) is 15.1. The van der Waals surface area contributed by atoms with E-state index >= 15 is 0 Å². The highest BCUT2D eigenvalue weighted by molar-refractivity contribution is 5.88.